The fourth-order valence-electron chi connectivity index (χ4n) is 9.56. The Kier molecular flexibility index (Phi) is 3.65. The molecule has 0 amide bonds. The number of nitrogens with zero attached hydrogens (tertiary/aromatic N) is 1. The minimum Gasteiger partial charge on any atom is -0.469 e. The number of esters is 1. The van der Waals surface area contributed by atoms with E-state index in [0.717, 1.165) is 38.8 Å². The van der Waals surface area contributed by atoms with Gasteiger partial charge in [-0.3, -0.25) is 9.69 Å². The monoisotopic (exact) mass is 403 g/mol. The minimum absolute atomic E-state index is 0.0392. The molecule has 0 aromatic rings. The summed E-state index contributed by atoms with van der Waals surface area (Å²) in [4.78, 5) is 15.1. The summed E-state index contributed by atoms with van der Waals surface area (Å²) in [5.74, 6) is -0.0503. The van der Waals surface area contributed by atoms with E-state index in [4.69, 9.17) is 4.74 Å². The predicted octanol–water partition coefficient (Wildman–Crippen LogP) is 1.30. The van der Waals surface area contributed by atoms with E-state index in [-0.39, 0.29) is 42.2 Å². The Morgan fingerprint density at radius 1 is 1.28 bits per heavy atom. The molecule has 29 heavy (non-hydrogen) atoms. The van der Waals surface area contributed by atoms with E-state index >= 15 is 0 Å². The third-order valence-corrected chi connectivity index (χ3v) is 10.4. The Hall–Kier alpha value is -0.950. The van der Waals surface area contributed by atoms with Crippen LogP contribution in [-0.4, -0.2) is 64.8 Å². The van der Waals surface area contributed by atoms with Gasteiger partial charge in [0, 0.05) is 29.8 Å². The second-order valence-electron chi connectivity index (χ2n) is 10.8. The normalized spacial score (nSPS) is 55.1. The highest BCUT2D eigenvalue weighted by Gasteiger charge is 2.83. The van der Waals surface area contributed by atoms with Gasteiger partial charge in [-0.1, -0.05) is 18.1 Å². The van der Waals surface area contributed by atoms with E-state index in [1.165, 1.54) is 18.3 Å². The smallest absolute Gasteiger partial charge is 0.309 e. The van der Waals surface area contributed by atoms with Gasteiger partial charge < -0.3 is 20.1 Å². The molecule has 2 heterocycles. The minimum atomic E-state index is -1.10. The van der Waals surface area contributed by atoms with Gasteiger partial charge in [0.25, 0.3) is 0 Å². The molecule has 2 saturated heterocycles. The number of aliphatic hydroxyl groups is 3. The fourth-order valence-corrected chi connectivity index (χ4v) is 9.56. The number of carbonyl (C=O) groups excluding carboxylic acids is 1. The number of carbonyl (C=O) groups is 1. The molecule has 2 aliphatic heterocycles. The molecule has 6 heteroatoms. The van der Waals surface area contributed by atoms with E-state index in [1.807, 2.05) is 0 Å². The van der Waals surface area contributed by atoms with Gasteiger partial charge in [-0.05, 0) is 56.3 Å². The topological polar surface area (TPSA) is 90.2 Å². The standard InChI is InChI=1S/C23H33NO5/c1-12-9-24-10-14-5-3-13-4-6-15-16(20(27)29-2)8-22(19(13)15)21(14,11-25)18(26)7-17(12)23(22,24)28/h12,14-18,25-26,28H,3-11H2,1-2H3/t12-,14-,15-,16-,17-,18-,21-,22-,23-/m1/s1. The summed E-state index contributed by atoms with van der Waals surface area (Å²) in [7, 11) is 1.45. The van der Waals surface area contributed by atoms with Crippen molar-refractivity contribution in [2.45, 2.75) is 57.3 Å². The average Bonchev–Trinajstić information content (AvgIpc) is 3.32. The molecule has 0 aromatic carbocycles. The highest BCUT2D eigenvalue weighted by molar-refractivity contribution is 5.75. The molecule has 3 N–H and O–H groups in total. The van der Waals surface area contributed by atoms with Gasteiger partial charge in [0.1, 0.15) is 5.72 Å². The van der Waals surface area contributed by atoms with Crippen LogP contribution in [0.5, 0.6) is 0 Å². The molecule has 4 fully saturated rings. The van der Waals surface area contributed by atoms with Gasteiger partial charge in [-0.15, -0.1) is 0 Å². The van der Waals surface area contributed by atoms with E-state index in [0.29, 0.717) is 12.8 Å². The van der Waals surface area contributed by atoms with Gasteiger partial charge in [-0.2, -0.15) is 0 Å². The largest absolute Gasteiger partial charge is 0.469 e. The summed E-state index contributed by atoms with van der Waals surface area (Å²) in [6.07, 6.45) is 4.16. The SMILES string of the molecule is COC(=O)[C@@H]1C[C@@]23C4=C(CC[C@@H]5CN6C[C@@H](C)[C@@H](C[C@@H](O)[C@@]52CO)[C@]63O)CC[C@@H]41. The Bertz CT molecular complexity index is 811. The number of allylic oxidation sites excluding steroid dienone is 1. The molecule has 4 bridgehead atoms. The summed E-state index contributed by atoms with van der Waals surface area (Å²) in [6, 6.07) is 0. The van der Waals surface area contributed by atoms with Crippen LogP contribution in [0.2, 0.25) is 0 Å². The van der Waals surface area contributed by atoms with Crippen molar-refractivity contribution in [1.82, 2.24) is 4.90 Å². The molecule has 6 aliphatic rings. The van der Waals surface area contributed by atoms with Crippen molar-refractivity contribution in [2.24, 2.45) is 40.4 Å². The third-order valence-electron chi connectivity index (χ3n) is 10.4. The number of methoxy groups -OCH3 is 1. The lowest BCUT2D eigenvalue weighted by Crippen LogP contribution is -2.79. The summed E-state index contributed by atoms with van der Waals surface area (Å²) >= 11 is 0. The van der Waals surface area contributed by atoms with Crippen LogP contribution in [0.15, 0.2) is 11.1 Å². The van der Waals surface area contributed by atoms with Crippen LogP contribution in [0.4, 0.5) is 0 Å². The van der Waals surface area contributed by atoms with E-state index in [1.54, 1.807) is 0 Å². The number of piperidine rings is 1. The number of ether oxygens (including phenoxy) is 1. The van der Waals surface area contributed by atoms with Crippen molar-refractivity contribution in [3.05, 3.63) is 11.1 Å². The van der Waals surface area contributed by atoms with Gasteiger partial charge in [0.2, 0.25) is 0 Å². The maximum absolute atomic E-state index is 12.9. The van der Waals surface area contributed by atoms with Crippen molar-refractivity contribution in [3.8, 4) is 0 Å². The first-order valence-corrected chi connectivity index (χ1v) is 11.4. The molecule has 160 valence electrons. The fraction of sp³-hybridized carbons (Fsp3) is 0.870. The molecular formula is C23H33NO5. The van der Waals surface area contributed by atoms with Crippen LogP contribution in [-0.2, 0) is 9.53 Å². The molecule has 0 aromatic heterocycles. The Morgan fingerprint density at radius 2 is 2.03 bits per heavy atom. The van der Waals surface area contributed by atoms with Gasteiger partial charge in [0.05, 0.1) is 25.7 Å². The number of hydrogen-bond donors (Lipinski definition) is 3. The van der Waals surface area contributed by atoms with Gasteiger partial charge in [0.15, 0.2) is 0 Å². The average molecular weight is 404 g/mol. The lowest BCUT2D eigenvalue weighted by Gasteiger charge is -2.70. The summed E-state index contributed by atoms with van der Waals surface area (Å²) in [5.41, 5.74) is -0.00197. The predicted molar refractivity (Wildman–Crippen MR) is 104 cm³/mol. The van der Waals surface area contributed by atoms with E-state index in [2.05, 4.69) is 11.8 Å². The van der Waals surface area contributed by atoms with E-state index in [9.17, 15) is 20.1 Å². The molecule has 6 nitrogen and oxygen atoms in total. The summed E-state index contributed by atoms with van der Waals surface area (Å²) in [5, 5.41) is 35.2. The molecule has 2 saturated carbocycles. The zero-order valence-electron chi connectivity index (χ0n) is 17.4. The lowest BCUT2D eigenvalue weighted by molar-refractivity contribution is -0.332. The maximum Gasteiger partial charge on any atom is 0.309 e. The Balaban J connectivity index is 1.68. The second-order valence-corrected chi connectivity index (χ2v) is 10.8. The first-order valence-electron chi connectivity index (χ1n) is 11.4. The molecular weight excluding hydrogens is 370 g/mol. The molecule has 0 radical (unpaired) electrons. The first kappa shape index (κ1) is 18.8. The molecule has 1 spiro atoms. The molecule has 9 atom stereocenters. The summed E-state index contributed by atoms with van der Waals surface area (Å²) < 4.78 is 5.21. The van der Waals surface area contributed by atoms with Crippen LogP contribution in [0.1, 0.15) is 45.4 Å². The van der Waals surface area contributed by atoms with Crippen molar-refractivity contribution in [1.29, 1.82) is 0 Å². The molecule has 0 unspecified atom stereocenters. The maximum atomic E-state index is 12.9. The number of hydrogen-bond acceptors (Lipinski definition) is 6. The van der Waals surface area contributed by atoms with Crippen molar-refractivity contribution >= 4 is 5.97 Å². The zero-order chi connectivity index (χ0) is 20.3. The number of rotatable bonds is 2. The Labute approximate surface area is 171 Å². The van der Waals surface area contributed by atoms with Crippen molar-refractivity contribution < 1.29 is 24.9 Å². The lowest BCUT2D eigenvalue weighted by atomic mass is 9.41. The number of aliphatic hydroxyl groups excluding tert-OH is 2. The van der Waals surface area contributed by atoms with Crippen molar-refractivity contribution in [2.75, 3.05) is 26.8 Å². The van der Waals surface area contributed by atoms with Crippen LogP contribution < -0.4 is 0 Å². The van der Waals surface area contributed by atoms with Crippen LogP contribution >= 0.6 is 0 Å². The van der Waals surface area contributed by atoms with Crippen LogP contribution in [0.3, 0.4) is 0 Å². The third kappa shape index (κ3) is 1.73. The molecule has 4 aliphatic carbocycles. The quantitative estimate of drug-likeness (QED) is 0.476. The molecule has 6 rings (SSSR count). The summed E-state index contributed by atoms with van der Waals surface area (Å²) in [6.45, 7) is 3.60. The van der Waals surface area contributed by atoms with Gasteiger partial charge in [-0.25, -0.2) is 0 Å². The highest BCUT2D eigenvalue weighted by atomic mass is 16.5. The van der Waals surface area contributed by atoms with Gasteiger partial charge >= 0.3 is 5.97 Å². The van der Waals surface area contributed by atoms with E-state index < -0.39 is 22.7 Å². The highest BCUT2D eigenvalue weighted by Crippen LogP contribution is 2.79. The first-order chi connectivity index (χ1) is 13.9. The van der Waals surface area contributed by atoms with Crippen LogP contribution in [0.25, 0.3) is 0 Å². The Morgan fingerprint density at radius 3 is 2.76 bits per heavy atom. The second kappa shape index (κ2) is 5.64. The zero-order valence-corrected chi connectivity index (χ0v) is 17.4. The van der Waals surface area contributed by atoms with Crippen LogP contribution in [0, 0.1) is 40.4 Å². The van der Waals surface area contributed by atoms with Crippen molar-refractivity contribution in [3.63, 3.8) is 0 Å².